The first-order valence-corrected chi connectivity index (χ1v) is 10.8. The van der Waals surface area contributed by atoms with E-state index < -0.39 is 11.9 Å². The molecule has 182 valence electrons. The lowest BCUT2D eigenvalue weighted by atomic mass is 10.3. The summed E-state index contributed by atoms with van der Waals surface area (Å²) in [7, 11) is 2.00. The van der Waals surface area contributed by atoms with Gasteiger partial charge < -0.3 is 23.4 Å². The number of carbonyl (C=O) groups excluding carboxylic acids is 4. The number of ether oxygens (including phenoxy) is 4. The molecule has 0 aromatic rings. The Hall–Kier alpha value is -2.68. The highest BCUT2D eigenvalue weighted by Crippen LogP contribution is 2.04. The first-order chi connectivity index (χ1) is 15.0. The first-order valence-electron chi connectivity index (χ1n) is 10.8. The van der Waals surface area contributed by atoms with Crippen molar-refractivity contribution in [3.8, 4) is 0 Å². The second kappa shape index (κ2) is 16.0. The van der Waals surface area contributed by atoms with Crippen LogP contribution in [0.25, 0.3) is 0 Å². The van der Waals surface area contributed by atoms with E-state index in [4.69, 9.17) is 18.9 Å². The smallest absolute Gasteiger partial charge is 0.333 e. The highest BCUT2D eigenvalue weighted by Gasteiger charge is 2.20. The fourth-order valence-corrected chi connectivity index (χ4v) is 2.34. The van der Waals surface area contributed by atoms with Crippen LogP contribution in [0.2, 0.25) is 0 Å². The van der Waals surface area contributed by atoms with Crippen molar-refractivity contribution in [1.29, 1.82) is 0 Å². The second-order valence-electron chi connectivity index (χ2n) is 7.86. The summed E-state index contributed by atoms with van der Waals surface area (Å²) in [5, 5.41) is 0. The van der Waals surface area contributed by atoms with Crippen molar-refractivity contribution in [1.82, 2.24) is 0 Å². The minimum atomic E-state index is -0.471. The van der Waals surface area contributed by atoms with Crippen molar-refractivity contribution in [3.63, 3.8) is 0 Å². The van der Waals surface area contributed by atoms with Gasteiger partial charge in [0.25, 0.3) is 0 Å². The SMILES string of the molecule is C=C(C)C(=O)OCCCC(=O)OCC[N+](C)(CC)CCOC(=O)CCCOC(=O)C(=C)C. The van der Waals surface area contributed by atoms with E-state index in [-0.39, 0.29) is 51.2 Å². The summed E-state index contributed by atoms with van der Waals surface area (Å²) in [6.07, 6.45) is 1.11. The van der Waals surface area contributed by atoms with Crippen LogP contribution in [0.1, 0.15) is 46.5 Å². The molecule has 9 nitrogen and oxygen atoms in total. The van der Waals surface area contributed by atoms with Gasteiger partial charge in [-0.2, -0.15) is 0 Å². The fourth-order valence-electron chi connectivity index (χ4n) is 2.34. The van der Waals surface area contributed by atoms with Crippen molar-refractivity contribution < 1.29 is 42.6 Å². The summed E-state index contributed by atoms with van der Waals surface area (Å²) in [5.74, 6) is -1.64. The van der Waals surface area contributed by atoms with Gasteiger partial charge in [0.2, 0.25) is 0 Å². The van der Waals surface area contributed by atoms with Crippen molar-refractivity contribution in [2.24, 2.45) is 0 Å². The lowest BCUT2D eigenvalue weighted by molar-refractivity contribution is -0.908. The van der Waals surface area contributed by atoms with Gasteiger partial charge in [-0.3, -0.25) is 9.59 Å². The molecule has 0 N–H and O–H groups in total. The molecule has 0 aliphatic rings. The topological polar surface area (TPSA) is 105 Å². The third kappa shape index (κ3) is 14.3. The summed E-state index contributed by atoms with van der Waals surface area (Å²) < 4.78 is 20.9. The zero-order valence-corrected chi connectivity index (χ0v) is 19.9. The van der Waals surface area contributed by atoms with Crippen LogP contribution in [0.15, 0.2) is 24.3 Å². The van der Waals surface area contributed by atoms with Crippen LogP contribution in [0.5, 0.6) is 0 Å². The largest absolute Gasteiger partial charge is 0.462 e. The Balaban J connectivity index is 3.99. The van der Waals surface area contributed by atoms with E-state index in [0.29, 0.717) is 41.6 Å². The minimum absolute atomic E-state index is 0.144. The van der Waals surface area contributed by atoms with Crippen LogP contribution in [0.4, 0.5) is 0 Å². The summed E-state index contributed by atoms with van der Waals surface area (Å²) in [6.45, 7) is 14.8. The van der Waals surface area contributed by atoms with Crippen molar-refractivity contribution in [3.05, 3.63) is 24.3 Å². The van der Waals surface area contributed by atoms with Crippen LogP contribution in [-0.4, -0.2) is 81.5 Å². The summed E-state index contributed by atoms with van der Waals surface area (Å²) in [4.78, 5) is 46.1. The zero-order chi connectivity index (χ0) is 24.6. The Kier molecular flexibility index (Phi) is 14.7. The van der Waals surface area contributed by atoms with Crippen LogP contribution < -0.4 is 0 Å². The predicted molar refractivity (Wildman–Crippen MR) is 118 cm³/mol. The van der Waals surface area contributed by atoms with Gasteiger partial charge in [-0.15, -0.1) is 0 Å². The Morgan fingerprint density at radius 2 is 1.06 bits per heavy atom. The van der Waals surface area contributed by atoms with E-state index >= 15 is 0 Å². The van der Waals surface area contributed by atoms with Crippen molar-refractivity contribution in [2.45, 2.75) is 46.5 Å². The molecular formula is C23H38NO8+. The van der Waals surface area contributed by atoms with Crippen LogP contribution in [-0.2, 0) is 38.1 Å². The molecule has 0 fully saturated rings. The third-order valence-corrected chi connectivity index (χ3v) is 4.77. The van der Waals surface area contributed by atoms with Gasteiger partial charge in [0.05, 0.1) is 26.8 Å². The number of hydrogen-bond donors (Lipinski definition) is 0. The third-order valence-electron chi connectivity index (χ3n) is 4.77. The Morgan fingerprint density at radius 3 is 1.38 bits per heavy atom. The van der Waals surface area contributed by atoms with Crippen molar-refractivity contribution in [2.75, 3.05) is 53.1 Å². The van der Waals surface area contributed by atoms with E-state index in [9.17, 15) is 19.2 Å². The van der Waals surface area contributed by atoms with Crippen LogP contribution in [0, 0.1) is 0 Å². The normalized spacial score (nSPS) is 10.8. The van der Waals surface area contributed by atoms with E-state index in [1.807, 2.05) is 14.0 Å². The lowest BCUT2D eigenvalue weighted by Crippen LogP contribution is -2.48. The van der Waals surface area contributed by atoms with Crippen LogP contribution in [0.3, 0.4) is 0 Å². The molecule has 0 radical (unpaired) electrons. The summed E-state index contributed by atoms with van der Waals surface area (Å²) >= 11 is 0. The lowest BCUT2D eigenvalue weighted by Gasteiger charge is -2.32. The Morgan fingerprint density at radius 1 is 0.688 bits per heavy atom. The van der Waals surface area contributed by atoms with E-state index in [1.54, 1.807) is 13.8 Å². The molecular weight excluding hydrogens is 418 g/mol. The Labute approximate surface area is 190 Å². The summed E-state index contributed by atoms with van der Waals surface area (Å²) in [5.41, 5.74) is 0.637. The highest BCUT2D eigenvalue weighted by atomic mass is 16.5. The first kappa shape index (κ1) is 29.3. The van der Waals surface area contributed by atoms with Gasteiger partial charge in [-0.25, -0.2) is 9.59 Å². The number of nitrogens with zero attached hydrogens (tertiary/aromatic N) is 1. The predicted octanol–water partition coefficient (Wildman–Crippen LogP) is 2.34. The number of hydrogen-bond acceptors (Lipinski definition) is 8. The standard InChI is InChI=1S/C23H38NO8/c1-7-24(6,12-16-29-20(25)10-8-14-31-22(27)18(2)3)13-17-30-21(26)11-9-15-32-23(28)19(4)5/h2,4,7-17H2,1,3,5-6H3/q+1. The van der Waals surface area contributed by atoms with Crippen molar-refractivity contribution >= 4 is 23.9 Å². The average Bonchev–Trinajstić information content (AvgIpc) is 2.73. The maximum Gasteiger partial charge on any atom is 0.333 e. The molecule has 0 unspecified atom stereocenters. The molecule has 0 aromatic heterocycles. The van der Waals surface area contributed by atoms with Gasteiger partial charge in [-0.1, -0.05) is 13.2 Å². The van der Waals surface area contributed by atoms with Gasteiger partial charge in [-0.05, 0) is 33.6 Å². The highest BCUT2D eigenvalue weighted by molar-refractivity contribution is 5.87. The Bertz CT molecular complexity index is 619. The van der Waals surface area contributed by atoms with Gasteiger partial charge in [0, 0.05) is 24.0 Å². The van der Waals surface area contributed by atoms with E-state index in [2.05, 4.69) is 13.2 Å². The molecule has 0 saturated carbocycles. The number of quaternary nitrogens is 1. The monoisotopic (exact) mass is 456 g/mol. The zero-order valence-electron chi connectivity index (χ0n) is 19.9. The van der Waals surface area contributed by atoms with Gasteiger partial charge >= 0.3 is 23.9 Å². The molecule has 0 heterocycles. The van der Waals surface area contributed by atoms with Gasteiger partial charge in [0.15, 0.2) is 0 Å². The molecule has 0 atom stereocenters. The molecule has 9 heteroatoms. The molecule has 0 rings (SSSR count). The maximum atomic E-state index is 11.8. The molecule has 0 aromatic carbocycles. The number of carbonyl (C=O) groups is 4. The fraction of sp³-hybridized carbons (Fsp3) is 0.652. The molecule has 0 aliphatic carbocycles. The minimum Gasteiger partial charge on any atom is -0.462 e. The average molecular weight is 457 g/mol. The molecule has 0 saturated heterocycles. The number of esters is 4. The molecule has 32 heavy (non-hydrogen) atoms. The van der Waals surface area contributed by atoms with Crippen LogP contribution >= 0.6 is 0 Å². The molecule has 0 amide bonds. The molecule has 0 spiro atoms. The number of rotatable bonds is 17. The quantitative estimate of drug-likeness (QED) is 0.108. The number of likely N-dealkylation sites (N-methyl/N-ethyl adjacent to an activating group) is 1. The molecule has 0 aliphatic heterocycles. The molecule has 0 bridgehead atoms. The maximum absolute atomic E-state index is 11.8. The summed E-state index contributed by atoms with van der Waals surface area (Å²) in [6, 6.07) is 0. The second-order valence-corrected chi connectivity index (χ2v) is 7.86. The van der Waals surface area contributed by atoms with E-state index in [0.717, 1.165) is 6.54 Å². The van der Waals surface area contributed by atoms with Gasteiger partial charge in [0.1, 0.15) is 26.3 Å². The van der Waals surface area contributed by atoms with E-state index in [1.165, 1.54) is 0 Å².